The van der Waals surface area contributed by atoms with Crippen molar-refractivity contribution in [2.45, 2.75) is 88.8 Å². The fraction of sp³-hybridized carbons (Fsp3) is 0.621. The molecule has 4 fully saturated rings. The molecule has 8 nitrogen and oxygen atoms in total. The van der Waals surface area contributed by atoms with Gasteiger partial charge in [0.1, 0.15) is 23.2 Å². The number of nitriles is 1. The molecule has 11 heteroatoms. The first-order valence-electron chi connectivity index (χ1n) is 14.2. The highest BCUT2D eigenvalue weighted by Gasteiger charge is 2.48. The Bertz CT molecular complexity index is 1180. The van der Waals surface area contributed by atoms with Gasteiger partial charge in [-0.3, -0.25) is 0 Å². The second-order valence-corrected chi connectivity index (χ2v) is 11.8. The highest BCUT2D eigenvalue weighted by molar-refractivity contribution is 5.53. The molecule has 1 heterocycles. The topological polar surface area (TPSA) is 115 Å². The highest BCUT2D eigenvalue weighted by Crippen LogP contribution is 2.52. The molecular formula is C29H37F3N6O2. The zero-order chi connectivity index (χ0) is 28.2. The summed E-state index contributed by atoms with van der Waals surface area (Å²) in [4.78, 5) is 8.65. The van der Waals surface area contributed by atoms with Crippen LogP contribution in [0.15, 0.2) is 30.5 Å². The summed E-state index contributed by atoms with van der Waals surface area (Å²) in [6, 6.07) is 8.04. The number of aliphatic hydroxyl groups is 1. The van der Waals surface area contributed by atoms with Crippen molar-refractivity contribution in [1.82, 2.24) is 15.3 Å². The number of fused-ring (bicyclic) bond motifs is 3. The van der Waals surface area contributed by atoms with Crippen LogP contribution in [0.3, 0.4) is 0 Å². The number of nitrogens with zero attached hydrogens (tertiary/aromatic N) is 3. The number of nitrogens with one attached hydrogen (secondary N) is 3. The third-order valence-corrected chi connectivity index (χ3v) is 9.16. The lowest BCUT2D eigenvalue weighted by molar-refractivity contribution is -0.274. The van der Waals surface area contributed by atoms with E-state index in [-0.39, 0.29) is 35.3 Å². The van der Waals surface area contributed by atoms with Crippen molar-refractivity contribution in [1.29, 1.82) is 5.26 Å². The van der Waals surface area contributed by atoms with Crippen LogP contribution >= 0.6 is 0 Å². The van der Waals surface area contributed by atoms with Crippen molar-refractivity contribution < 1.29 is 23.0 Å². The van der Waals surface area contributed by atoms with Crippen LogP contribution in [0.5, 0.6) is 5.75 Å². The molecule has 0 radical (unpaired) electrons. The standard InChI is InChI=1S/C29H37F3N6O2/c30-29(31,32)40-24-4-2-1-3-21(24)17-34-26-35-18-22(15-33)25(38-26)36-19-27-9-12-28(13-10-27,14-11-27)37-16-20-5-7-23(39)8-6-20/h1-4,18,20,23,37,39H,5-14,16-17,19H2,(H2,34,35,36,38). The summed E-state index contributed by atoms with van der Waals surface area (Å²) in [6.07, 6.45) is 7.24. The van der Waals surface area contributed by atoms with E-state index >= 15 is 0 Å². The Morgan fingerprint density at radius 1 is 1.02 bits per heavy atom. The maximum Gasteiger partial charge on any atom is 0.573 e. The van der Waals surface area contributed by atoms with E-state index in [9.17, 15) is 23.5 Å². The molecule has 1 aromatic carbocycles. The van der Waals surface area contributed by atoms with Gasteiger partial charge in [0.25, 0.3) is 0 Å². The molecule has 216 valence electrons. The third-order valence-electron chi connectivity index (χ3n) is 9.16. The quantitative estimate of drug-likeness (QED) is 0.302. The van der Waals surface area contributed by atoms with Gasteiger partial charge in [0.2, 0.25) is 5.95 Å². The van der Waals surface area contributed by atoms with Gasteiger partial charge in [-0.25, -0.2) is 4.98 Å². The predicted molar refractivity (Wildman–Crippen MR) is 145 cm³/mol. The van der Waals surface area contributed by atoms with Crippen LogP contribution in [0.1, 0.15) is 75.3 Å². The van der Waals surface area contributed by atoms with E-state index in [2.05, 4.69) is 36.7 Å². The van der Waals surface area contributed by atoms with Crippen LogP contribution in [-0.4, -0.2) is 46.2 Å². The first-order chi connectivity index (χ1) is 19.2. The highest BCUT2D eigenvalue weighted by atomic mass is 19.4. The Morgan fingerprint density at radius 3 is 2.40 bits per heavy atom. The number of aliphatic hydroxyl groups excluding tert-OH is 1. The summed E-state index contributed by atoms with van der Waals surface area (Å²) in [5.41, 5.74) is 0.998. The van der Waals surface area contributed by atoms with Crippen LogP contribution < -0.4 is 20.7 Å². The largest absolute Gasteiger partial charge is 0.573 e. The van der Waals surface area contributed by atoms with Crippen LogP contribution in [0.4, 0.5) is 24.9 Å². The summed E-state index contributed by atoms with van der Waals surface area (Å²) in [7, 11) is 0. The molecule has 4 aliphatic carbocycles. The minimum Gasteiger partial charge on any atom is -0.405 e. The SMILES string of the molecule is N#Cc1cnc(NCc2ccccc2OC(F)(F)F)nc1NCC12CCC(NCC3CCC(O)CC3)(CC1)CC2. The van der Waals surface area contributed by atoms with E-state index in [1.54, 1.807) is 6.07 Å². The van der Waals surface area contributed by atoms with Crippen molar-refractivity contribution in [3.05, 3.63) is 41.6 Å². The van der Waals surface area contributed by atoms with Crippen molar-refractivity contribution in [2.75, 3.05) is 23.7 Å². The van der Waals surface area contributed by atoms with Gasteiger partial charge < -0.3 is 25.8 Å². The molecule has 4 N–H and O–H groups in total. The normalized spacial score (nSPS) is 28.1. The van der Waals surface area contributed by atoms with Gasteiger partial charge in [-0.2, -0.15) is 10.2 Å². The summed E-state index contributed by atoms with van der Waals surface area (Å²) in [5, 5.41) is 29.7. The number of alkyl halides is 3. The van der Waals surface area contributed by atoms with Crippen molar-refractivity contribution >= 4 is 11.8 Å². The van der Waals surface area contributed by atoms with Crippen LogP contribution in [-0.2, 0) is 6.54 Å². The van der Waals surface area contributed by atoms with E-state index in [4.69, 9.17) is 0 Å². The van der Waals surface area contributed by atoms with E-state index in [1.165, 1.54) is 24.4 Å². The molecule has 0 atom stereocenters. The van der Waals surface area contributed by atoms with Crippen LogP contribution in [0, 0.1) is 22.7 Å². The molecule has 2 aromatic rings. The molecule has 4 saturated carbocycles. The number of hydrogen-bond acceptors (Lipinski definition) is 8. The maximum absolute atomic E-state index is 12.8. The number of anilines is 2. The summed E-state index contributed by atoms with van der Waals surface area (Å²) in [6.45, 7) is 1.77. The monoisotopic (exact) mass is 558 g/mol. The maximum atomic E-state index is 12.8. The number of benzene rings is 1. The van der Waals surface area contributed by atoms with Gasteiger partial charge in [-0.15, -0.1) is 13.2 Å². The molecule has 0 saturated heterocycles. The van der Waals surface area contributed by atoms with Crippen molar-refractivity contribution in [2.24, 2.45) is 11.3 Å². The Balaban J connectivity index is 1.16. The van der Waals surface area contributed by atoms with Crippen molar-refractivity contribution in [3.8, 4) is 11.8 Å². The van der Waals surface area contributed by atoms with Crippen LogP contribution in [0.2, 0.25) is 0 Å². The minimum atomic E-state index is -4.79. The molecule has 2 bridgehead atoms. The van der Waals surface area contributed by atoms with E-state index in [0.29, 0.717) is 29.4 Å². The predicted octanol–water partition coefficient (Wildman–Crippen LogP) is 5.50. The molecule has 0 aliphatic heterocycles. The smallest absolute Gasteiger partial charge is 0.405 e. The molecule has 0 amide bonds. The zero-order valence-electron chi connectivity index (χ0n) is 22.6. The van der Waals surface area contributed by atoms with E-state index in [1.807, 2.05) is 0 Å². The Kier molecular flexibility index (Phi) is 8.38. The summed E-state index contributed by atoms with van der Waals surface area (Å²) >= 11 is 0. The second kappa shape index (κ2) is 11.8. The molecule has 6 rings (SSSR count). The first-order valence-corrected chi connectivity index (χ1v) is 14.2. The Labute approximate surface area is 232 Å². The fourth-order valence-electron chi connectivity index (χ4n) is 6.51. The van der Waals surface area contributed by atoms with Crippen LogP contribution in [0.25, 0.3) is 0 Å². The fourth-order valence-corrected chi connectivity index (χ4v) is 6.51. The lowest BCUT2D eigenvalue weighted by Crippen LogP contribution is -2.57. The summed E-state index contributed by atoms with van der Waals surface area (Å²) < 4.78 is 42.4. The lowest BCUT2D eigenvalue weighted by Gasteiger charge is -2.54. The number of aromatic nitrogens is 2. The first kappa shape index (κ1) is 28.4. The number of ether oxygens (including phenoxy) is 1. The third kappa shape index (κ3) is 6.96. The average Bonchev–Trinajstić information content (AvgIpc) is 2.96. The molecule has 0 spiro atoms. The number of hydrogen-bond donors (Lipinski definition) is 4. The second-order valence-electron chi connectivity index (χ2n) is 11.8. The molecule has 0 unspecified atom stereocenters. The molecule has 1 aromatic heterocycles. The Morgan fingerprint density at radius 2 is 1.73 bits per heavy atom. The number of para-hydroxylation sites is 1. The van der Waals surface area contributed by atoms with Gasteiger partial charge in [0.15, 0.2) is 0 Å². The molecule has 4 aliphatic rings. The van der Waals surface area contributed by atoms with Gasteiger partial charge in [0.05, 0.1) is 12.3 Å². The number of rotatable bonds is 10. The van der Waals surface area contributed by atoms with Crippen molar-refractivity contribution in [3.63, 3.8) is 0 Å². The average molecular weight is 559 g/mol. The molecule has 40 heavy (non-hydrogen) atoms. The summed E-state index contributed by atoms with van der Waals surface area (Å²) in [5.74, 6) is 1.01. The van der Waals surface area contributed by atoms with Gasteiger partial charge in [-0.05, 0) is 88.2 Å². The Hall–Kier alpha value is -3.10. The zero-order valence-corrected chi connectivity index (χ0v) is 22.6. The molecular weight excluding hydrogens is 521 g/mol. The minimum absolute atomic E-state index is 0.0258. The lowest BCUT2D eigenvalue weighted by atomic mass is 9.57. The van der Waals surface area contributed by atoms with E-state index in [0.717, 1.165) is 70.8 Å². The number of halogens is 3. The van der Waals surface area contributed by atoms with E-state index < -0.39 is 6.36 Å². The van der Waals surface area contributed by atoms with Gasteiger partial charge >= 0.3 is 6.36 Å². The van der Waals surface area contributed by atoms with Gasteiger partial charge in [-0.1, -0.05) is 18.2 Å². The van der Waals surface area contributed by atoms with Gasteiger partial charge in [0, 0.05) is 24.2 Å².